The van der Waals surface area contributed by atoms with Crippen LogP contribution in [0.4, 0.5) is 0 Å². The Morgan fingerprint density at radius 1 is 1.12 bits per heavy atom. The van der Waals surface area contributed by atoms with Gasteiger partial charge in [0, 0.05) is 5.41 Å². The maximum atomic E-state index is 11.8. The number of sulfone groups is 1. The SMILES string of the molecule is CC(C)(C)C/C=C/S(=O)(=O)c1ccccc1. The number of rotatable bonds is 3. The number of allylic oxidation sites excluding steroid dienone is 1. The van der Waals surface area contributed by atoms with Gasteiger partial charge in [0.1, 0.15) is 0 Å². The van der Waals surface area contributed by atoms with Crippen LogP contribution in [0.1, 0.15) is 27.2 Å². The molecule has 0 heterocycles. The van der Waals surface area contributed by atoms with E-state index in [-0.39, 0.29) is 5.41 Å². The van der Waals surface area contributed by atoms with Crippen LogP contribution in [0.25, 0.3) is 0 Å². The number of hydrogen-bond donors (Lipinski definition) is 0. The van der Waals surface area contributed by atoms with Gasteiger partial charge in [-0.3, -0.25) is 0 Å². The molecular formula is C13H18O2S. The molecule has 0 aliphatic heterocycles. The first-order valence-electron chi connectivity index (χ1n) is 5.28. The fourth-order valence-electron chi connectivity index (χ4n) is 1.22. The molecule has 0 saturated heterocycles. The van der Waals surface area contributed by atoms with Gasteiger partial charge in [-0.1, -0.05) is 45.0 Å². The molecule has 88 valence electrons. The summed E-state index contributed by atoms with van der Waals surface area (Å²) in [4.78, 5) is 0.347. The van der Waals surface area contributed by atoms with Crippen LogP contribution in [-0.4, -0.2) is 8.42 Å². The smallest absolute Gasteiger partial charge is 0.199 e. The molecular weight excluding hydrogens is 220 g/mol. The summed E-state index contributed by atoms with van der Waals surface area (Å²) in [5.74, 6) is 0. The van der Waals surface area contributed by atoms with Gasteiger partial charge in [-0.15, -0.1) is 0 Å². The maximum absolute atomic E-state index is 11.8. The van der Waals surface area contributed by atoms with Crippen LogP contribution >= 0.6 is 0 Å². The molecule has 0 aliphatic carbocycles. The lowest BCUT2D eigenvalue weighted by Gasteiger charge is -2.14. The van der Waals surface area contributed by atoms with E-state index in [1.807, 2.05) is 0 Å². The quantitative estimate of drug-likeness (QED) is 0.808. The van der Waals surface area contributed by atoms with E-state index in [1.54, 1.807) is 36.4 Å². The van der Waals surface area contributed by atoms with Crippen molar-refractivity contribution in [1.29, 1.82) is 0 Å². The summed E-state index contributed by atoms with van der Waals surface area (Å²) in [5, 5.41) is 1.30. The minimum absolute atomic E-state index is 0.114. The largest absolute Gasteiger partial charge is 0.219 e. The fourth-order valence-corrected chi connectivity index (χ4v) is 2.26. The van der Waals surface area contributed by atoms with Crippen molar-refractivity contribution in [3.8, 4) is 0 Å². The third-order valence-electron chi connectivity index (χ3n) is 2.08. The molecule has 1 aromatic rings. The maximum Gasteiger partial charge on any atom is 0.199 e. The van der Waals surface area contributed by atoms with Crippen LogP contribution in [0.3, 0.4) is 0 Å². The predicted molar refractivity (Wildman–Crippen MR) is 66.8 cm³/mol. The lowest BCUT2D eigenvalue weighted by molar-refractivity contribution is 0.421. The lowest BCUT2D eigenvalue weighted by atomic mass is 9.93. The van der Waals surface area contributed by atoms with Gasteiger partial charge in [0.15, 0.2) is 9.84 Å². The number of hydrogen-bond acceptors (Lipinski definition) is 2. The monoisotopic (exact) mass is 238 g/mol. The van der Waals surface area contributed by atoms with Gasteiger partial charge in [-0.2, -0.15) is 0 Å². The Labute approximate surface area is 97.9 Å². The Hall–Kier alpha value is -1.09. The standard InChI is InChI=1S/C13H18O2S/c1-13(2,3)10-7-11-16(14,15)12-8-5-4-6-9-12/h4-9,11H,10H2,1-3H3/b11-7+. The molecule has 0 amide bonds. The molecule has 0 unspecified atom stereocenters. The van der Waals surface area contributed by atoms with Crippen molar-refractivity contribution in [2.45, 2.75) is 32.1 Å². The molecule has 0 saturated carbocycles. The van der Waals surface area contributed by atoms with E-state index in [9.17, 15) is 8.42 Å². The second-order valence-electron chi connectivity index (χ2n) is 4.99. The summed E-state index contributed by atoms with van der Waals surface area (Å²) < 4.78 is 23.7. The average Bonchev–Trinajstić information content (AvgIpc) is 2.17. The Kier molecular flexibility index (Phi) is 3.92. The first-order valence-corrected chi connectivity index (χ1v) is 6.83. The van der Waals surface area contributed by atoms with Crippen LogP contribution < -0.4 is 0 Å². The second-order valence-corrected chi connectivity index (χ2v) is 6.83. The van der Waals surface area contributed by atoms with Crippen molar-refractivity contribution in [3.63, 3.8) is 0 Å². The lowest BCUT2D eigenvalue weighted by Crippen LogP contribution is -2.03. The molecule has 0 spiro atoms. The summed E-state index contributed by atoms with van der Waals surface area (Å²) >= 11 is 0. The molecule has 0 radical (unpaired) electrons. The normalized spacial score (nSPS) is 13.2. The molecule has 1 rings (SSSR count). The van der Waals surface area contributed by atoms with Gasteiger partial charge in [0.2, 0.25) is 0 Å². The van der Waals surface area contributed by atoms with Gasteiger partial charge in [0.05, 0.1) is 4.90 Å². The van der Waals surface area contributed by atoms with Crippen molar-refractivity contribution >= 4 is 9.84 Å². The molecule has 0 N–H and O–H groups in total. The van der Waals surface area contributed by atoms with Crippen LogP contribution in [0.2, 0.25) is 0 Å². The van der Waals surface area contributed by atoms with Crippen molar-refractivity contribution in [3.05, 3.63) is 41.8 Å². The first-order chi connectivity index (χ1) is 7.31. The van der Waals surface area contributed by atoms with Gasteiger partial charge < -0.3 is 0 Å². The Balaban J connectivity index is 2.82. The summed E-state index contributed by atoms with van der Waals surface area (Å²) in [6.07, 6.45) is 2.47. The zero-order chi connectivity index (χ0) is 12.2. The molecule has 0 aromatic heterocycles. The van der Waals surface area contributed by atoms with Crippen molar-refractivity contribution in [2.24, 2.45) is 5.41 Å². The third kappa shape index (κ3) is 4.19. The van der Waals surface area contributed by atoms with E-state index in [0.29, 0.717) is 4.90 Å². The molecule has 16 heavy (non-hydrogen) atoms. The van der Waals surface area contributed by atoms with Crippen LogP contribution in [-0.2, 0) is 9.84 Å². The minimum atomic E-state index is -3.26. The molecule has 1 aromatic carbocycles. The molecule has 3 heteroatoms. The van der Waals surface area contributed by atoms with Crippen molar-refractivity contribution < 1.29 is 8.42 Å². The second kappa shape index (κ2) is 4.83. The van der Waals surface area contributed by atoms with Gasteiger partial charge in [-0.25, -0.2) is 8.42 Å². The van der Waals surface area contributed by atoms with Crippen LogP contribution in [0.15, 0.2) is 46.7 Å². The zero-order valence-corrected chi connectivity index (χ0v) is 10.8. The topological polar surface area (TPSA) is 34.1 Å². The third-order valence-corrected chi connectivity index (χ3v) is 3.56. The fraction of sp³-hybridized carbons (Fsp3) is 0.385. The Morgan fingerprint density at radius 3 is 2.19 bits per heavy atom. The van der Waals surface area contributed by atoms with Crippen LogP contribution in [0.5, 0.6) is 0 Å². The molecule has 2 nitrogen and oxygen atoms in total. The Bertz CT molecular complexity index is 450. The predicted octanol–water partition coefficient (Wildman–Crippen LogP) is 3.41. The van der Waals surface area contributed by atoms with Gasteiger partial charge in [0.25, 0.3) is 0 Å². The molecule has 0 atom stereocenters. The summed E-state index contributed by atoms with van der Waals surface area (Å²) in [6, 6.07) is 8.47. The highest BCUT2D eigenvalue weighted by molar-refractivity contribution is 7.94. The average molecular weight is 238 g/mol. The van der Waals surface area contributed by atoms with Crippen LogP contribution in [0, 0.1) is 5.41 Å². The molecule has 0 fully saturated rings. The highest BCUT2D eigenvalue weighted by Crippen LogP contribution is 2.20. The first kappa shape index (κ1) is 13.0. The van der Waals surface area contributed by atoms with E-state index in [0.717, 1.165) is 6.42 Å². The highest BCUT2D eigenvalue weighted by atomic mass is 32.2. The zero-order valence-electron chi connectivity index (χ0n) is 9.97. The minimum Gasteiger partial charge on any atom is -0.219 e. The van der Waals surface area contributed by atoms with Crippen molar-refractivity contribution in [2.75, 3.05) is 0 Å². The van der Waals surface area contributed by atoms with E-state index in [1.165, 1.54) is 5.41 Å². The van der Waals surface area contributed by atoms with E-state index >= 15 is 0 Å². The van der Waals surface area contributed by atoms with Gasteiger partial charge in [-0.05, 0) is 24.0 Å². The number of benzene rings is 1. The Morgan fingerprint density at radius 2 is 1.69 bits per heavy atom. The van der Waals surface area contributed by atoms with E-state index in [2.05, 4.69) is 20.8 Å². The molecule has 0 aliphatic rings. The van der Waals surface area contributed by atoms with Crippen molar-refractivity contribution in [1.82, 2.24) is 0 Å². The van der Waals surface area contributed by atoms with Gasteiger partial charge >= 0.3 is 0 Å². The highest BCUT2D eigenvalue weighted by Gasteiger charge is 2.11. The van der Waals surface area contributed by atoms with E-state index in [4.69, 9.17) is 0 Å². The molecule has 0 bridgehead atoms. The summed E-state index contributed by atoms with van der Waals surface area (Å²) in [5.41, 5.74) is 0.114. The van der Waals surface area contributed by atoms with E-state index < -0.39 is 9.84 Å². The summed E-state index contributed by atoms with van der Waals surface area (Å²) in [6.45, 7) is 6.23. The summed E-state index contributed by atoms with van der Waals surface area (Å²) in [7, 11) is -3.26.